The normalized spacial score (nSPS) is 10.6. The Morgan fingerprint density at radius 3 is 2.53 bits per heavy atom. The molecule has 0 aliphatic carbocycles. The summed E-state index contributed by atoms with van der Waals surface area (Å²) in [6, 6.07) is 7.01. The SMILES string of the molecule is Cc1nccnc1-c1csc(-c2ccc(O)cc2)n1. The molecule has 0 aliphatic heterocycles. The van der Waals surface area contributed by atoms with Crippen molar-refractivity contribution in [1.29, 1.82) is 0 Å². The Bertz CT molecular complexity index is 707. The second-order valence-electron chi connectivity index (χ2n) is 4.08. The summed E-state index contributed by atoms with van der Waals surface area (Å²) < 4.78 is 0. The highest BCUT2D eigenvalue weighted by Gasteiger charge is 2.10. The van der Waals surface area contributed by atoms with Crippen LogP contribution in [-0.2, 0) is 0 Å². The van der Waals surface area contributed by atoms with Gasteiger partial charge in [0.05, 0.1) is 5.69 Å². The quantitative estimate of drug-likeness (QED) is 0.775. The molecule has 2 heterocycles. The summed E-state index contributed by atoms with van der Waals surface area (Å²) in [6.07, 6.45) is 3.34. The molecular formula is C14H11N3OS. The fourth-order valence-corrected chi connectivity index (χ4v) is 2.59. The number of aromatic nitrogens is 3. The van der Waals surface area contributed by atoms with E-state index in [-0.39, 0.29) is 5.75 Å². The van der Waals surface area contributed by atoms with Gasteiger partial charge in [-0.2, -0.15) is 0 Å². The summed E-state index contributed by atoms with van der Waals surface area (Å²) in [4.78, 5) is 13.1. The van der Waals surface area contributed by atoms with E-state index in [0.29, 0.717) is 0 Å². The third kappa shape index (κ3) is 2.32. The van der Waals surface area contributed by atoms with Gasteiger partial charge in [0, 0.05) is 23.3 Å². The highest BCUT2D eigenvalue weighted by molar-refractivity contribution is 7.13. The number of aryl methyl sites for hydroxylation is 1. The average Bonchev–Trinajstić information content (AvgIpc) is 2.89. The lowest BCUT2D eigenvalue weighted by atomic mass is 10.2. The number of nitrogens with zero attached hydrogens (tertiary/aromatic N) is 3. The van der Waals surface area contributed by atoms with Gasteiger partial charge < -0.3 is 5.11 Å². The Labute approximate surface area is 114 Å². The van der Waals surface area contributed by atoms with Crippen molar-refractivity contribution in [2.24, 2.45) is 0 Å². The Morgan fingerprint density at radius 1 is 1.05 bits per heavy atom. The number of phenols is 1. The summed E-state index contributed by atoms with van der Waals surface area (Å²) in [5, 5.41) is 12.2. The average molecular weight is 269 g/mol. The highest BCUT2D eigenvalue weighted by Crippen LogP contribution is 2.29. The van der Waals surface area contributed by atoms with Crippen LogP contribution in [0.15, 0.2) is 42.0 Å². The Morgan fingerprint density at radius 2 is 1.79 bits per heavy atom. The minimum atomic E-state index is 0.255. The van der Waals surface area contributed by atoms with E-state index < -0.39 is 0 Å². The van der Waals surface area contributed by atoms with Gasteiger partial charge in [-0.05, 0) is 31.2 Å². The second-order valence-corrected chi connectivity index (χ2v) is 4.93. The van der Waals surface area contributed by atoms with Gasteiger partial charge in [0.15, 0.2) is 0 Å². The molecule has 1 aromatic carbocycles. The lowest BCUT2D eigenvalue weighted by molar-refractivity contribution is 0.475. The Hall–Kier alpha value is -2.27. The van der Waals surface area contributed by atoms with Crippen molar-refractivity contribution in [3.05, 3.63) is 47.7 Å². The molecule has 0 saturated carbocycles. The van der Waals surface area contributed by atoms with Crippen LogP contribution in [0, 0.1) is 6.92 Å². The molecule has 1 N–H and O–H groups in total. The monoisotopic (exact) mass is 269 g/mol. The fraction of sp³-hybridized carbons (Fsp3) is 0.0714. The van der Waals surface area contributed by atoms with Crippen LogP contribution < -0.4 is 0 Å². The van der Waals surface area contributed by atoms with Gasteiger partial charge in [0.2, 0.25) is 0 Å². The molecule has 2 aromatic heterocycles. The predicted molar refractivity (Wildman–Crippen MR) is 75.0 cm³/mol. The lowest BCUT2D eigenvalue weighted by Gasteiger charge is -1.99. The molecule has 3 rings (SSSR count). The van der Waals surface area contributed by atoms with Crippen molar-refractivity contribution >= 4 is 11.3 Å². The van der Waals surface area contributed by atoms with Crippen molar-refractivity contribution in [3.63, 3.8) is 0 Å². The number of hydrogen-bond acceptors (Lipinski definition) is 5. The summed E-state index contributed by atoms with van der Waals surface area (Å²) in [6.45, 7) is 1.92. The molecule has 19 heavy (non-hydrogen) atoms. The fourth-order valence-electron chi connectivity index (χ4n) is 1.78. The predicted octanol–water partition coefficient (Wildman–Crippen LogP) is 3.28. The van der Waals surface area contributed by atoms with E-state index in [0.717, 1.165) is 27.7 Å². The maximum absolute atomic E-state index is 9.29. The van der Waals surface area contributed by atoms with Gasteiger partial charge in [0.1, 0.15) is 22.1 Å². The van der Waals surface area contributed by atoms with Gasteiger partial charge >= 0.3 is 0 Å². The molecule has 94 valence electrons. The van der Waals surface area contributed by atoms with E-state index in [2.05, 4.69) is 15.0 Å². The highest BCUT2D eigenvalue weighted by atomic mass is 32.1. The van der Waals surface area contributed by atoms with E-state index in [1.807, 2.05) is 24.4 Å². The van der Waals surface area contributed by atoms with Crippen LogP contribution in [0.1, 0.15) is 5.69 Å². The first kappa shape index (κ1) is 11.8. The van der Waals surface area contributed by atoms with E-state index in [1.165, 1.54) is 0 Å². The van der Waals surface area contributed by atoms with Gasteiger partial charge in [-0.25, -0.2) is 4.98 Å². The van der Waals surface area contributed by atoms with Gasteiger partial charge in [-0.1, -0.05) is 0 Å². The first-order valence-electron chi connectivity index (χ1n) is 5.77. The van der Waals surface area contributed by atoms with Crippen LogP contribution in [0.3, 0.4) is 0 Å². The van der Waals surface area contributed by atoms with Crippen molar-refractivity contribution in [2.45, 2.75) is 6.92 Å². The van der Waals surface area contributed by atoms with Crippen LogP contribution in [0.25, 0.3) is 22.0 Å². The number of thiazole rings is 1. The number of aromatic hydroxyl groups is 1. The molecular weight excluding hydrogens is 258 g/mol. The molecule has 0 spiro atoms. The zero-order chi connectivity index (χ0) is 13.2. The van der Waals surface area contributed by atoms with Crippen molar-refractivity contribution < 1.29 is 5.11 Å². The molecule has 0 amide bonds. The van der Waals surface area contributed by atoms with E-state index in [9.17, 15) is 5.11 Å². The van der Waals surface area contributed by atoms with Crippen LogP contribution in [0.5, 0.6) is 5.75 Å². The summed E-state index contributed by atoms with van der Waals surface area (Å²) >= 11 is 1.55. The number of benzene rings is 1. The van der Waals surface area contributed by atoms with Crippen LogP contribution in [0.4, 0.5) is 0 Å². The van der Waals surface area contributed by atoms with Crippen molar-refractivity contribution in [2.75, 3.05) is 0 Å². The molecule has 0 saturated heterocycles. The molecule has 4 nitrogen and oxygen atoms in total. The van der Waals surface area contributed by atoms with Crippen LogP contribution in [0.2, 0.25) is 0 Å². The van der Waals surface area contributed by atoms with Crippen molar-refractivity contribution in [3.8, 4) is 27.7 Å². The molecule has 5 heteroatoms. The number of phenolic OH excluding ortho intramolecular Hbond substituents is 1. The van der Waals surface area contributed by atoms with Gasteiger partial charge in [0.25, 0.3) is 0 Å². The molecule has 0 atom stereocenters. The summed E-state index contributed by atoms with van der Waals surface area (Å²) in [5.74, 6) is 0.255. The zero-order valence-electron chi connectivity index (χ0n) is 10.2. The van der Waals surface area contributed by atoms with Crippen LogP contribution in [-0.4, -0.2) is 20.1 Å². The summed E-state index contributed by atoms with van der Waals surface area (Å²) in [5.41, 5.74) is 3.49. The third-order valence-corrected chi connectivity index (χ3v) is 3.63. The molecule has 0 unspecified atom stereocenters. The first-order chi connectivity index (χ1) is 9.24. The topological polar surface area (TPSA) is 58.9 Å². The Balaban J connectivity index is 2.00. The zero-order valence-corrected chi connectivity index (χ0v) is 11.1. The maximum atomic E-state index is 9.29. The van der Waals surface area contributed by atoms with Gasteiger partial charge in [-0.3, -0.25) is 9.97 Å². The molecule has 0 fully saturated rings. The third-order valence-electron chi connectivity index (χ3n) is 2.74. The van der Waals surface area contributed by atoms with E-state index in [1.54, 1.807) is 35.9 Å². The smallest absolute Gasteiger partial charge is 0.124 e. The standard InChI is InChI=1S/C14H11N3OS/c1-9-13(16-7-6-15-9)12-8-19-14(17-12)10-2-4-11(18)5-3-10/h2-8,18H,1H3. The maximum Gasteiger partial charge on any atom is 0.124 e. The molecule has 0 aliphatic rings. The van der Waals surface area contributed by atoms with Gasteiger partial charge in [-0.15, -0.1) is 11.3 Å². The summed E-state index contributed by atoms with van der Waals surface area (Å²) in [7, 11) is 0. The van der Waals surface area contributed by atoms with E-state index >= 15 is 0 Å². The van der Waals surface area contributed by atoms with E-state index in [4.69, 9.17) is 0 Å². The minimum absolute atomic E-state index is 0.255. The molecule has 0 bridgehead atoms. The Kier molecular flexibility index (Phi) is 2.97. The minimum Gasteiger partial charge on any atom is -0.508 e. The van der Waals surface area contributed by atoms with Crippen LogP contribution >= 0.6 is 11.3 Å². The van der Waals surface area contributed by atoms with Crippen molar-refractivity contribution in [1.82, 2.24) is 15.0 Å². The number of hydrogen-bond donors (Lipinski definition) is 1. The second kappa shape index (κ2) is 4.78. The largest absolute Gasteiger partial charge is 0.508 e. The molecule has 0 radical (unpaired) electrons. The first-order valence-corrected chi connectivity index (χ1v) is 6.65. The lowest BCUT2D eigenvalue weighted by Crippen LogP contribution is -1.90. The molecule has 3 aromatic rings. The number of rotatable bonds is 2.